The third-order valence-electron chi connectivity index (χ3n) is 5.32. The van der Waals surface area contributed by atoms with Crippen molar-refractivity contribution in [2.24, 2.45) is 0 Å². The van der Waals surface area contributed by atoms with Gasteiger partial charge in [-0.1, -0.05) is 6.07 Å². The normalized spacial score (nSPS) is 18.1. The first-order chi connectivity index (χ1) is 15.3. The number of benzene rings is 1. The molecule has 2 aromatic heterocycles. The molecular weight excluding hydrogens is 430 g/mol. The zero-order chi connectivity index (χ0) is 23.0. The lowest BCUT2D eigenvalue weighted by atomic mass is 10.0. The Kier molecular flexibility index (Phi) is 5.67. The fourth-order valence-electron chi connectivity index (χ4n) is 3.91. The zero-order valence-electron chi connectivity index (χ0n) is 17.4. The van der Waals surface area contributed by atoms with Crippen molar-refractivity contribution in [2.45, 2.75) is 32.0 Å². The van der Waals surface area contributed by atoms with Crippen LogP contribution in [0.15, 0.2) is 59.1 Å². The van der Waals surface area contributed by atoms with Gasteiger partial charge in [0, 0.05) is 17.8 Å². The Morgan fingerprint density at radius 3 is 2.34 bits per heavy atom. The largest absolute Gasteiger partial charge is 0.478 e. The second kappa shape index (κ2) is 8.43. The van der Waals surface area contributed by atoms with Gasteiger partial charge in [0.25, 0.3) is 0 Å². The van der Waals surface area contributed by atoms with Gasteiger partial charge >= 0.3 is 11.9 Å². The molecule has 0 aliphatic carbocycles. The summed E-state index contributed by atoms with van der Waals surface area (Å²) in [5.41, 5.74) is 0.919. The first kappa shape index (κ1) is 21.5. The maximum Gasteiger partial charge on any atom is 0.335 e. The summed E-state index contributed by atoms with van der Waals surface area (Å²) in [6.45, 7) is 4.06. The Labute approximate surface area is 189 Å². The number of nitrogens with one attached hydrogen (secondary N) is 1. The Balaban J connectivity index is 1.78. The molecule has 32 heavy (non-hydrogen) atoms. The third kappa shape index (κ3) is 3.94. The average molecular weight is 452 g/mol. The Hall–Kier alpha value is -3.72. The predicted octanol–water partition coefficient (Wildman–Crippen LogP) is 4.12. The summed E-state index contributed by atoms with van der Waals surface area (Å²) in [6, 6.07) is 12.6. The lowest BCUT2D eigenvalue weighted by Crippen LogP contribution is -2.35. The fourth-order valence-corrected chi connectivity index (χ4v) is 4.36. The van der Waals surface area contributed by atoms with E-state index in [4.69, 9.17) is 16.6 Å². The van der Waals surface area contributed by atoms with Crippen molar-refractivity contribution in [2.75, 3.05) is 0 Å². The minimum Gasteiger partial charge on any atom is -0.478 e. The Morgan fingerprint density at radius 2 is 1.78 bits per heavy atom. The van der Waals surface area contributed by atoms with Crippen molar-refractivity contribution in [1.29, 1.82) is 0 Å². The molecule has 1 fully saturated rings. The molecule has 1 saturated heterocycles. The van der Waals surface area contributed by atoms with Gasteiger partial charge in [-0.2, -0.15) is 0 Å². The van der Waals surface area contributed by atoms with Gasteiger partial charge in [0.2, 0.25) is 0 Å². The average Bonchev–Trinajstić information content (AvgIpc) is 3.38. The molecule has 0 spiro atoms. The SMILES string of the molecule is CC(C)N1C(=S)N[C@@H](c2ccccn2)[C@H]1c1ccc(-c2cc(C(=O)O)cc(C(=O)O)c2)o1. The number of rotatable bonds is 6. The minimum absolute atomic E-state index is 0.0798. The summed E-state index contributed by atoms with van der Waals surface area (Å²) >= 11 is 5.58. The summed E-state index contributed by atoms with van der Waals surface area (Å²) in [7, 11) is 0. The van der Waals surface area contributed by atoms with Crippen LogP contribution in [0.3, 0.4) is 0 Å². The second-order valence-corrected chi connectivity index (χ2v) is 8.13. The molecule has 1 aliphatic heterocycles. The summed E-state index contributed by atoms with van der Waals surface area (Å²) < 4.78 is 6.15. The minimum atomic E-state index is -1.22. The fraction of sp³-hybridized carbons (Fsp3) is 0.217. The van der Waals surface area contributed by atoms with Crippen LogP contribution in [0.1, 0.15) is 58.1 Å². The molecule has 0 radical (unpaired) electrons. The lowest BCUT2D eigenvalue weighted by Gasteiger charge is -2.29. The molecule has 9 heteroatoms. The van der Waals surface area contributed by atoms with Crippen LogP contribution in [0.5, 0.6) is 0 Å². The van der Waals surface area contributed by atoms with Gasteiger partial charge in [-0.3, -0.25) is 4.98 Å². The van der Waals surface area contributed by atoms with Crippen LogP contribution < -0.4 is 5.32 Å². The van der Waals surface area contributed by atoms with Crippen molar-refractivity contribution in [3.63, 3.8) is 0 Å². The first-order valence-corrected chi connectivity index (χ1v) is 10.4. The summed E-state index contributed by atoms with van der Waals surface area (Å²) in [4.78, 5) is 29.4. The highest BCUT2D eigenvalue weighted by atomic mass is 32.1. The number of thiocarbonyl (C=S) groups is 1. The predicted molar refractivity (Wildman–Crippen MR) is 120 cm³/mol. The van der Waals surface area contributed by atoms with Gasteiger partial charge in [-0.15, -0.1) is 0 Å². The molecule has 4 rings (SSSR count). The van der Waals surface area contributed by atoms with Crippen LogP contribution in [0.4, 0.5) is 0 Å². The number of aromatic nitrogens is 1. The number of pyridine rings is 1. The maximum absolute atomic E-state index is 11.5. The number of carboxylic acids is 2. The van der Waals surface area contributed by atoms with Crippen LogP contribution in [-0.2, 0) is 0 Å². The van der Waals surface area contributed by atoms with E-state index in [1.165, 1.54) is 12.1 Å². The molecule has 0 unspecified atom stereocenters. The molecule has 3 heterocycles. The molecule has 3 aromatic rings. The zero-order valence-corrected chi connectivity index (χ0v) is 18.2. The molecule has 8 nitrogen and oxygen atoms in total. The molecule has 0 saturated carbocycles. The van der Waals surface area contributed by atoms with Crippen molar-refractivity contribution in [1.82, 2.24) is 15.2 Å². The number of furan rings is 1. The highest BCUT2D eigenvalue weighted by molar-refractivity contribution is 7.80. The van der Waals surface area contributed by atoms with Crippen LogP contribution >= 0.6 is 12.2 Å². The van der Waals surface area contributed by atoms with Gasteiger partial charge in [0.05, 0.1) is 22.9 Å². The Morgan fingerprint density at radius 1 is 1.09 bits per heavy atom. The van der Waals surface area contributed by atoms with Gasteiger partial charge < -0.3 is 24.8 Å². The van der Waals surface area contributed by atoms with E-state index in [2.05, 4.69) is 10.3 Å². The molecule has 1 aromatic carbocycles. The van der Waals surface area contributed by atoms with E-state index in [0.717, 1.165) is 11.8 Å². The van der Waals surface area contributed by atoms with E-state index in [0.29, 0.717) is 22.2 Å². The van der Waals surface area contributed by atoms with Gasteiger partial charge in [0.1, 0.15) is 17.6 Å². The topological polar surface area (TPSA) is 116 Å². The van der Waals surface area contributed by atoms with E-state index in [1.807, 2.05) is 36.9 Å². The molecule has 0 bridgehead atoms. The van der Waals surface area contributed by atoms with Crippen molar-refractivity contribution in [3.05, 3.63) is 77.3 Å². The third-order valence-corrected chi connectivity index (χ3v) is 5.65. The number of nitrogens with zero attached hydrogens (tertiary/aromatic N) is 2. The summed E-state index contributed by atoms with van der Waals surface area (Å²) in [6.07, 6.45) is 1.72. The van der Waals surface area contributed by atoms with Crippen LogP contribution in [0, 0.1) is 0 Å². The number of carbonyl (C=O) groups is 2. The van der Waals surface area contributed by atoms with Crippen molar-refractivity contribution in [3.8, 4) is 11.3 Å². The van der Waals surface area contributed by atoms with E-state index < -0.39 is 11.9 Å². The number of aromatic carboxylic acids is 2. The second-order valence-electron chi connectivity index (χ2n) is 7.74. The van der Waals surface area contributed by atoms with Crippen LogP contribution in [0.25, 0.3) is 11.3 Å². The van der Waals surface area contributed by atoms with Gasteiger partial charge in [0.15, 0.2) is 5.11 Å². The van der Waals surface area contributed by atoms with E-state index in [-0.39, 0.29) is 29.3 Å². The highest BCUT2D eigenvalue weighted by Crippen LogP contribution is 2.41. The van der Waals surface area contributed by atoms with Gasteiger partial charge in [-0.05, 0) is 68.5 Å². The van der Waals surface area contributed by atoms with E-state index >= 15 is 0 Å². The smallest absolute Gasteiger partial charge is 0.335 e. The molecule has 164 valence electrons. The molecule has 3 N–H and O–H groups in total. The van der Waals surface area contributed by atoms with Crippen LogP contribution in [-0.4, -0.2) is 43.2 Å². The maximum atomic E-state index is 11.5. The molecule has 1 aliphatic rings. The lowest BCUT2D eigenvalue weighted by molar-refractivity contribution is 0.0696. The molecule has 0 amide bonds. The molecule has 2 atom stereocenters. The quantitative estimate of drug-likeness (QED) is 0.476. The van der Waals surface area contributed by atoms with E-state index in [1.54, 1.807) is 18.3 Å². The highest BCUT2D eigenvalue weighted by Gasteiger charge is 2.42. The summed E-state index contributed by atoms with van der Waals surface area (Å²) in [5, 5.41) is 22.6. The first-order valence-electron chi connectivity index (χ1n) is 9.98. The number of carboxylic acid groups (broad SMARTS) is 2. The van der Waals surface area contributed by atoms with Gasteiger partial charge in [-0.25, -0.2) is 9.59 Å². The molecular formula is C23H21N3O5S. The van der Waals surface area contributed by atoms with Crippen LogP contribution in [0.2, 0.25) is 0 Å². The van der Waals surface area contributed by atoms with Crippen molar-refractivity contribution >= 4 is 29.3 Å². The Bertz CT molecular complexity index is 1160. The van der Waals surface area contributed by atoms with E-state index in [9.17, 15) is 19.8 Å². The summed E-state index contributed by atoms with van der Waals surface area (Å²) in [5.74, 6) is -1.46. The standard InChI is InChI=1S/C23H21N3O5S/c1-12(2)26-20(19(25-23(26)32)16-5-3-4-8-24-16)18-7-6-17(31-18)13-9-14(21(27)28)11-15(10-13)22(29)30/h3-12,19-20H,1-2H3,(H,25,32)(H,27,28)(H,29,30)/t19-,20+/m0/s1. The van der Waals surface area contributed by atoms with Crippen molar-refractivity contribution < 1.29 is 24.2 Å². The number of hydrogen-bond acceptors (Lipinski definition) is 5. The monoisotopic (exact) mass is 451 g/mol. The number of hydrogen-bond donors (Lipinski definition) is 3.